The summed E-state index contributed by atoms with van der Waals surface area (Å²) in [5.74, 6) is 0.664. The van der Waals surface area contributed by atoms with Crippen molar-refractivity contribution in [1.29, 1.82) is 0 Å². The maximum absolute atomic E-state index is 3.94. The summed E-state index contributed by atoms with van der Waals surface area (Å²) in [5.41, 5.74) is 0.317. The van der Waals surface area contributed by atoms with Crippen LogP contribution in [-0.4, -0.2) is 11.6 Å². The van der Waals surface area contributed by atoms with E-state index in [0.717, 1.165) is 12.8 Å². The van der Waals surface area contributed by atoms with E-state index in [9.17, 15) is 0 Å². The Labute approximate surface area is 107 Å². The van der Waals surface area contributed by atoms with E-state index in [4.69, 9.17) is 0 Å². The average molecular weight is 235 g/mol. The third-order valence-corrected chi connectivity index (χ3v) is 4.06. The molecular weight excluding hydrogens is 206 g/mol. The predicted molar refractivity (Wildman–Crippen MR) is 77.2 cm³/mol. The molecule has 1 saturated carbocycles. The van der Waals surface area contributed by atoms with E-state index in [-0.39, 0.29) is 0 Å². The van der Waals surface area contributed by atoms with Gasteiger partial charge in [0, 0.05) is 11.6 Å². The minimum atomic E-state index is 0.317. The summed E-state index contributed by atoms with van der Waals surface area (Å²) in [6.45, 7) is 12.4. The van der Waals surface area contributed by atoms with Gasteiger partial charge in [0.1, 0.15) is 0 Å². The highest BCUT2D eigenvalue weighted by molar-refractivity contribution is 4.99. The summed E-state index contributed by atoms with van der Waals surface area (Å²) >= 11 is 0. The molecule has 0 amide bonds. The lowest BCUT2D eigenvalue weighted by atomic mass is 9.78. The quantitative estimate of drug-likeness (QED) is 0.643. The van der Waals surface area contributed by atoms with Crippen molar-refractivity contribution in [2.45, 2.75) is 70.4 Å². The van der Waals surface area contributed by atoms with E-state index < -0.39 is 0 Å². The van der Waals surface area contributed by atoms with Gasteiger partial charge in [0.25, 0.3) is 0 Å². The first-order chi connectivity index (χ1) is 8.13. The molecule has 98 valence electrons. The van der Waals surface area contributed by atoms with Crippen LogP contribution in [0.3, 0.4) is 0 Å². The molecular formula is C16H29N. The molecule has 1 aliphatic rings. The Hall–Kier alpha value is -0.560. The lowest BCUT2D eigenvalue weighted by molar-refractivity contribution is 0.189. The zero-order valence-corrected chi connectivity index (χ0v) is 11.7. The van der Waals surface area contributed by atoms with Crippen LogP contribution in [0.4, 0.5) is 0 Å². The molecule has 0 aromatic carbocycles. The van der Waals surface area contributed by atoms with Crippen LogP contribution in [-0.2, 0) is 0 Å². The zero-order chi connectivity index (χ0) is 12.7. The highest BCUT2D eigenvalue weighted by atomic mass is 15.0. The zero-order valence-electron chi connectivity index (χ0n) is 11.7. The Kier molecular flexibility index (Phi) is 5.97. The molecule has 17 heavy (non-hydrogen) atoms. The summed E-state index contributed by atoms with van der Waals surface area (Å²) in [6, 6.07) is 0.561. The number of hydrogen-bond acceptors (Lipinski definition) is 1. The maximum atomic E-state index is 3.94. The Morgan fingerprint density at radius 2 is 1.76 bits per heavy atom. The van der Waals surface area contributed by atoms with Crippen molar-refractivity contribution >= 4 is 0 Å². The van der Waals surface area contributed by atoms with E-state index in [1.165, 1.54) is 32.1 Å². The Morgan fingerprint density at radius 1 is 1.12 bits per heavy atom. The van der Waals surface area contributed by atoms with Gasteiger partial charge < -0.3 is 5.32 Å². The lowest BCUT2D eigenvalue weighted by Gasteiger charge is -2.42. The van der Waals surface area contributed by atoms with E-state index >= 15 is 0 Å². The van der Waals surface area contributed by atoms with E-state index in [1.54, 1.807) is 0 Å². The van der Waals surface area contributed by atoms with Crippen molar-refractivity contribution in [3.8, 4) is 0 Å². The molecule has 1 N–H and O–H groups in total. The van der Waals surface area contributed by atoms with Crippen LogP contribution in [0.15, 0.2) is 25.3 Å². The fourth-order valence-corrected chi connectivity index (χ4v) is 2.98. The van der Waals surface area contributed by atoms with Gasteiger partial charge in [-0.2, -0.15) is 0 Å². The van der Waals surface area contributed by atoms with Crippen LogP contribution in [0, 0.1) is 5.92 Å². The first-order valence-electron chi connectivity index (χ1n) is 7.13. The Morgan fingerprint density at radius 3 is 2.24 bits per heavy atom. The summed E-state index contributed by atoms with van der Waals surface area (Å²) in [7, 11) is 0. The van der Waals surface area contributed by atoms with Crippen LogP contribution in [0.1, 0.15) is 58.8 Å². The standard InChI is InChI=1S/C16H29N/c1-5-10-15(14(3)4)17-16(11-6-2)12-8-7-9-13-16/h5-6,14-15,17H,1-2,7-13H2,3-4H3. The van der Waals surface area contributed by atoms with Crippen molar-refractivity contribution in [3.63, 3.8) is 0 Å². The van der Waals surface area contributed by atoms with Gasteiger partial charge in [0.2, 0.25) is 0 Å². The summed E-state index contributed by atoms with van der Waals surface area (Å²) in [4.78, 5) is 0. The maximum Gasteiger partial charge on any atom is 0.0218 e. The molecule has 0 saturated heterocycles. The molecule has 1 heteroatoms. The summed E-state index contributed by atoms with van der Waals surface area (Å²) in [6.07, 6.45) is 13.0. The number of rotatable bonds is 7. The van der Waals surface area contributed by atoms with Gasteiger partial charge >= 0.3 is 0 Å². The molecule has 0 aromatic rings. The highest BCUT2D eigenvalue weighted by Crippen LogP contribution is 2.32. The van der Waals surface area contributed by atoms with E-state index in [0.29, 0.717) is 17.5 Å². The van der Waals surface area contributed by atoms with Gasteiger partial charge in [-0.25, -0.2) is 0 Å². The highest BCUT2D eigenvalue weighted by Gasteiger charge is 2.32. The molecule has 1 aliphatic carbocycles. The van der Waals surface area contributed by atoms with Gasteiger partial charge in [-0.15, -0.1) is 13.2 Å². The molecule has 0 radical (unpaired) electrons. The third kappa shape index (κ3) is 4.31. The molecule has 0 aromatic heterocycles. The Bertz CT molecular complexity index is 236. The minimum Gasteiger partial charge on any atom is -0.308 e. The van der Waals surface area contributed by atoms with Crippen LogP contribution >= 0.6 is 0 Å². The van der Waals surface area contributed by atoms with Gasteiger partial charge in [-0.3, -0.25) is 0 Å². The van der Waals surface area contributed by atoms with Gasteiger partial charge in [0.15, 0.2) is 0 Å². The van der Waals surface area contributed by atoms with Crippen molar-refractivity contribution < 1.29 is 0 Å². The number of nitrogens with one attached hydrogen (secondary N) is 1. The predicted octanol–water partition coefficient (Wildman–Crippen LogP) is 4.46. The van der Waals surface area contributed by atoms with E-state index in [2.05, 4.69) is 38.4 Å². The first kappa shape index (κ1) is 14.5. The van der Waals surface area contributed by atoms with Crippen LogP contribution in [0.5, 0.6) is 0 Å². The van der Waals surface area contributed by atoms with Crippen molar-refractivity contribution in [1.82, 2.24) is 5.32 Å². The van der Waals surface area contributed by atoms with Crippen LogP contribution in [0.25, 0.3) is 0 Å². The van der Waals surface area contributed by atoms with Crippen molar-refractivity contribution in [2.75, 3.05) is 0 Å². The lowest BCUT2D eigenvalue weighted by Crippen LogP contribution is -2.52. The van der Waals surface area contributed by atoms with Crippen molar-refractivity contribution in [3.05, 3.63) is 25.3 Å². The molecule has 1 nitrogen and oxygen atoms in total. The first-order valence-corrected chi connectivity index (χ1v) is 7.13. The smallest absolute Gasteiger partial charge is 0.0218 e. The molecule has 1 unspecified atom stereocenters. The molecule has 0 bridgehead atoms. The second-order valence-corrected chi connectivity index (χ2v) is 5.85. The second-order valence-electron chi connectivity index (χ2n) is 5.85. The van der Waals surface area contributed by atoms with Gasteiger partial charge in [0.05, 0.1) is 0 Å². The van der Waals surface area contributed by atoms with Crippen LogP contribution < -0.4 is 5.32 Å². The summed E-state index contributed by atoms with van der Waals surface area (Å²) in [5, 5.41) is 3.93. The molecule has 1 atom stereocenters. The largest absolute Gasteiger partial charge is 0.308 e. The minimum absolute atomic E-state index is 0.317. The Balaban J connectivity index is 2.68. The van der Waals surface area contributed by atoms with Gasteiger partial charge in [-0.05, 0) is 31.6 Å². The molecule has 0 aliphatic heterocycles. The number of hydrogen-bond donors (Lipinski definition) is 1. The van der Waals surface area contributed by atoms with Crippen LogP contribution in [0.2, 0.25) is 0 Å². The van der Waals surface area contributed by atoms with Gasteiger partial charge in [-0.1, -0.05) is 45.3 Å². The fourth-order valence-electron chi connectivity index (χ4n) is 2.98. The third-order valence-electron chi connectivity index (χ3n) is 4.06. The molecule has 1 fully saturated rings. The molecule has 1 rings (SSSR count). The average Bonchev–Trinajstić information content (AvgIpc) is 2.30. The summed E-state index contributed by atoms with van der Waals surface area (Å²) < 4.78 is 0. The normalized spacial score (nSPS) is 21.1. The SMILES string of the molecule is C=CCC(NC1(CC=C)CCCCC1)C(C)C. The molecule has 0 heterocycles. The molecule has 0 spiro atoms. The topological polar surface area (TPSA) is 12.0 Å². The van der Waals surface area contributed by atoms with Crippen molar-refractivity contribution in [2.24, 2.45) is 5.92 Å². The van der Waals surface area contributed by atoms with E-state index in [1.807, 2.05) is 6.08 Å². The second kappa shape index (κ2) is 7.00. The fraction of sp³-hybridized carbons (Fsp3) is 0.750. The monoisotopic (exact) mass is 235 g/mol.